The molecule has 0 aliphatic rings. The Morgan fingerprint density at radius 1 is 1.57 bits per heavy atom. The van der Waals surface area contributed by atoms with Crippen LogP contribution in [0, 0.1) is 5.82 Å². The fourth-order valence-electron chi connectivity index (χ4n) is 1.27. The number of aliphatic hydroxyl groups is 1. The molecule has 1 aromatic carbocycles. The molecule has 0 heterocycles. The first-order valence-corrected chi connectivity index (χ1v) is 4.52. The number of benzene rings is 1. The van der Waals surface area contributed by atoms with Crippen molar-refractivity contribution in [2.75, 3.05) is 19.3 Å². The van der Waals surface area contributed by atoms with Gasteiger partial charge in [-0.15, -0.1) is 0 Å². The van der Waals surface area contributed by atoms with E-state index in [9.17, 15) is 9.50 Å². The third-order valence-electron chi connectivity index (χ3n) is 2.08. The number of halogens is 1. The average Bonchev–Trinajstić information content (AvgIpc) is 2.18. The number of nitrogen functional groups attached to an aromatic ring is 1. The Bertz CT molecular complexity index is 304. The van der Waals surface area contributed by atoms with E-state index < -0.39 is 6.10 Å². The van der Waals surface area contributed by atoms with Crippen LogP contribution in [0.3, 0.4) is 0 Å². The zero-order chi connectivity index (χ0) is 10.6. The van der Waals surface area contributed by atoms with Crippen LogP contribution in [-0.2, 0) is 0 Å². The minimum atomic E-state index is -0.710. The quantitative estimate of drug-likeness (QED) is 0.634. The number of hydrogen-bond acceptors (Lipinski definition) is 3. The second-order valence-corrected chi connectivity index (χ2v) is 3.18. The van der Waals surface area contributed by atoms with E-state index in [0.717, 1.165) is 0 Å². The molecule has 0 radical (unpaired) electrons. The normalized spacial score (nSPS) is 12.8. The maximum atomic E-state index is 12.8. The third-order valence-corrected chi connectivity index (χ3v) is 2.08. The summed E-state index contributed by atoms with van der Waals surface area (Å²) in [6, 6.07) is 4.02. The van der Waals surface area contributed by atoms with Gasteiger partial charge in [0.15, 0.2) is 0 Å². The molecule has 1 unspecified atom stereocenters. The van der Waals surface area contributed by atoms with Gasteiger partial charge in [-0.2, -0.15) is 0 Å². The summed E-state index contributed by atoms with van der Waals surface area (Å²) >= 11 is 0. The molecule has 0 saturated carbocycles. The van der Waals surface area contributed by atoms with Crippen molar-refractivity contribution in [2.45, 2.75) is 12.5 Å². The second-order valence-electron chi connectivity index (χ2n) is 3.18. The highest BCUT2D eigenvalue weighted by atomic mass is 19.1. The molecular weight excluding hydrogens is 183 g/mol. The Morgan fingerprint density at radius 2 is 2.29 bits per heavy atom. The van der Waals surface area contributed by atoms with Crippen LogP contribution in [0.5, 0.6) is 0 Å². The number of nitrogens with two attached hydrogens (primary N) is 1. The van der Waals surface area contributed by atoms with Gasteiger partial charge in [-0.05, 0) is 38.2 Å². The Morgan fingerprint density at radius 3 is 2.93 bits per heavy atom. The largest absolute Gasteiger partial charge is 0.398 e. The lowest BCUT2D eigenvalue weighted by molar-refractivity contribution is 0.168. The summed E-state index contributed by atoms with van der Waals surface area (Å²) < 4.78 is 12.8. The van der Waals surface area contributed by atoms with E-state index >= 15 is 0 Å². The van der Waals surface area contributed by atoms with E-state index in [2.05, 4.69) is 5.32 Å². The SMILES string of the molecule is CNCCC(O)c1cc(F)ccc1N. The molecule has 14 heavy (non-hydrogen) atoms. The predicted molar refractivity (Wildman–Crippen MR) is 54.3 cm³/mol. The average molecular weight is 198 g/mol. The first-order valence-electron chi connectivity index (χ1n) is 4.52. The molecule has 4 N–H and O–H groups in total. The smallest absolute Gasteiger partial charge is 0.123 e. The minimum absolute atomic E-state index is 0.377. The van der Waals surface area contributed by atoms with E-state index in [1.54, 1.807) is 7.05 Å². The summed E-state index contributed by atoms with van der Waals surface area (Å²) in [7, 11) is 1.79. The van der Waals surface area contributed by atoms with Crippen molar-refractivity contribution in [1.82, 2.24) is 5.32 Å². The highest BCUT2D eigenvalue weighted by Gasteiger charge is 2.11. The number of aliphatic hydroxyl groups excluding tert-OH is 1. The second kappa shape index (κ2) is 4.93. The fourth-order valence-corrected chi connectivity index (χ4v) is 1.27. The lowest BCUT2D eigenvalue weighted by atomic mass is 10.0. The maximum Gasteiger partial charge on any atom is 0.123 e. The van der Waals surface area contributed by atoms with Crippen LogP contribution in [-0.4, -0.2) is 18.7 Å². The summed E-state index contributed by atoms with van der Waals surface area (Å²) in [6.07, 6.45) is -0.192. The number of rotatable bonds is 4. The monoisotopic (exact) mass is 198 g/mol. The topological polar surface area (TPSA) is 58.3 Å². The van der Waals surface area contributed by atoms with E-state index in [-0.39, 0.29) is 5.82 Å². The van der Waals surface area contributed by atoms with Gasteiger partial charge in [0.2, 0.25) is 0 Å². The standard InChI is InChI=1S/C10H15FN2O/c1-13-5-4-10(14)8-6-7(11)2-3-9(8)12/h2-3,6,10,13-14H,4-5,12H2,1H3. The van der Waals surface area contributed by atoms with E-state index in [4.69, 9.17) is 5.73 Å². The molecule has 0 bridgehead atoms. The van der Waals surface area contributed by atoms with Crippen molar-refractivity contribution in [3.8, 4) is 0 Å². The zero-order valence-corrected chi connectivity index (χ0v) is 8.13. The first kappa shape index (κ1) is 10.9. The van der Waals surface area contributed by atoms with Crippen molar-refractivity contribution in [3.05, 3.63) is 29.6 Å². The van der Waals surface area contributed by atoms with E-state index in [1.165, 1.54) is 18.2 Å². The van der Waals surface area contributed by atoms with Crippen molar-refractivity contribution < 1.29 is 9.50 Å². The van der Waals surface area contributed by atoms with Crippen LogP contribution in [0.2, 0.25) is 0 Å². The van der Waals surface area contributed by atoms with Gasteiger partial charge in [-0.3, -0.25) is 0 Å². The molecule has 1 aromatic rings. The number of hydrogen-bond donors (Lipinski definition) is 3. The Labute approximate surface area is 82.7 Å². The molecule has 3 nitrogen and oxygen atoms in total. The summed E-state index contributed by atoms with van der Waals surface area (Å²) in [6.45, 7) is 0.664. The highest BCUT2D eigenvalue weighted by molar-refractivity contribution is 5.47. The van der Waals surface area contributed by atoms with Gasteiger partial charge in [-0.1, -0.05) is 0 Å². The van der Waals surface area contributed by atoms with Gasteiger partial charge in [0.1, 0.15) is 5.82 Å². The van der Waals surface area contributed by atoms with Crippen LogP contribution in [0.25, 0.3) is 0 Å². The summed E-state index contributed by atoms with van der Waals surface area (Å²) in [5, 5.41) is 12.6. The zero-order valence-electron chi connectivity index (χ0n) is 8.13. The maximum absolute atomic E-state index is 12.8. The van der Waals surface area contributed by atoms with Gasteiger partial charge in [0, 0.05) is 11.3 Å². The lowest BCUT2D eigenvalue weighted by Gasteiger charge is -2.12. The lowest BCUT2D eigenvalue weighted by Crippen LogP contribution is -2.13. The van der Waals surface area contributed by atoms with Crippen LogP contribution < -0.4 is 11.1 Å². The molecule has 0 aromatic heterocycles. The predicted octanol–water partition coefficient (Wildman–Crippen LogP) is 1.05. The Balaban J connectivity index is 2.77. The molecule has 78 valence electrons. The van der Waals surface area contributed by atoms with Crippen LogP contribution in [0.4, 0.5) is 10.1 Å². The number of nitrogens with one attached hydrogen (secondary N) is 1. The van der Waals surface area contributed by atoms with Crippen molar-refractivity contribution in [2.24, 2.45) is 0 Å². The first-order chi connectivity index (χ1) is 6.65. The Kier molecular flexibility index (Phi) is 3.85. The van der Waals surface area contributed by atoms with Gasteiger partial charge in [0.25, 0.3) is 0 Å². The molecule has 0 spiro atoms. The van der Waals surface area contributed by atoms with Crippen LogP contribution in [0.15, 0.2) is 18.2 Å². The van der Waals surface area contributed by atoms with Gasteiger partial charge in [0.05, 0.1) is 6.10 Å². The molecule has 1 rings (SSSR count). The molecule has 1 atom stereocenters. The molecule has 0 amide bonds. The van der Waals surface area contributed by atoms with Crippen molar-refractivity contribution in [3.63, 3.8) is 0 Å². The van der Waals surface area contributed by atoms with Crippen LogP contribution >= 0.6 is 0 Å². The molecule has 0 aliphatic heterocycles. The molecule has 0 aliphatic carbocycles. The van der Waals surface area contributed by atoms with Crippen molar-refractivity contribution >= 4 is 5.69 Å². The van der Waals surface area contributed by atoms with E-state index in [1.807, 2.05) is 0 Å². The van der Waals surface area contributed by atoms with E-state index in [0.29, 0.717) is 24.2 Å². The molecular formula is C10H15FN2O. The highest BCUT2D eigenvalue weighted by Crippen LogP contribution is 2.23. The molecule has 0 fully saturated rings. The van der Waals surface area contributed by atoms with Crippen molar-refractivity contribution in [1.29, 1.82) is 0 Å². The van der Waals surface area contributed by atoms with Gasteiger partial charge >= 0.3 is 0 Å². The molecule has 0 saturated heterocycles. The van der Waals surface area contributed by atoms with Gasteiger partial charge in [-0.25, -0.2) is 4.39 Å². The third kappa shape index (κ3) is 2.68. The van der Waals surface area contributed by atoms with Crippen LogP contribution in [0.1, 0.15) is 18.1 Å². The summed E-state index contributed by atoms with van der Waals surface area (Å²) in [5.74, 6) is -0.377. The summed E-state index contributed by atoms with van der Waals surface area (Å²) in [4.78, 5) is 0. The number of anilines is 1. The fraction of sp³-hybridized carbons (Fsp3) is 0.400. The summed E-state index contributed by atoms with van der Waals surface area (Å²) in [5.41, 5.74) is 6.50. The van der Waals surface area contributed by atoms with Gasteiger partial charge < -0.3 is 16.2 Å². The molecule has 4 heteroatoms. The Hall–Kier alpha value is -1.13. The minimum Gasteiger partial charge on any atom is -0.398 e.